The third kappa shape index (κ3) is 4.07. The van der Waals surface area contributed by atoms with Crippen molar-refractivity contribution in [2.24, 2.45) is 0 Å². The number of carbonyl (C=O) groups excluding carboxylic acids is 2. The number of morpholine rings is 1. The second kappa shape index (κ2) is 7.37. The van der Waals surface area contributed by atoms with Gasteiger partial charge in [0.15, 0.2) is 0 Å². The fourth-order valence-electron chi connectivity index (χ4n) is 2.82. The van der Waals surface area contributed by atoms with Crippen LogP contribution in [0.15, 0.2) is 5.38 Å². The lowest BCUT2D eigenvalue weighted by Crippen LogP contribution is -2.50. The van der Waals surface area contributed by atoms with Crippen LogP contribution in [0.4, 0.5) is 0 Å². The Balaban J connectivity index is 1.55. The van der Waals surface area contributed by atoms with Crippen LogP contribution >= 0.6 is 11.3 Å². The number of rotatable bonds is 3. The first-order valence-electron chi connectivity index (χ1n) is 7.93. The molecule has 2 amide bonds. The Morgan fingerprint density at radius 3 is 2.43 bits per heavy atom. The summed E-state index contributed by atoms with van der Waals surface area (Å²) >= 11 is 1.54. The summed E-state index contributed by atoms with van der Waals surface area (Å²) in [6.45, 7) is 8.05. The molecule has 2 fully saturated rings. The molecular formula is C15H22N4O3S. The van der Waals surface area contributed by atoms with Gasteiger partial charge < -0.3 is 14.5 Å². The molecule has 0 spiro atoms. The number of piperazine rings is 1. The maximum absolute atomic E-state index is 12.5. The van der Waals surface area contributed by atoms with Crippen LogP contribution in [0.5, 0.6) is 0 Å². The first-order chi connectivity index (χ1) is 11.1. The molecule has 3 rings (SSSR count). The van der Waals surface area contributed by atoms with E-state index in [-0.39, 0.29) is 11.8 Å². The zero-order valence-corrected chi connectivity index (χ0v) is 14.2. The van der Waals surface area contributed by atoms with Crippen LogP contribution in [0, 0.1) is 0 Å². The Labute approximate surface area is 139 Å². The van der Waals surface area contributed by atoms with Crippen molar-refractivity contribution in [3.8, 4) is 0 Å². The summed E-state index contributed by atoms with van der Waals surface area (Å²) in [7, 11) is 0. The van der Waals surface area contributed by atoms with Crippen LogP contribution in [-0.2, 0) is 16.1 Å². The molecule has 0 saturated carbocycles. The second-order valence-electron chi connectivity index (χ2n) is 5.81. The van der Waals surface area contributed by atoms with Gasteiger partial charge in [-0.25, -0.2) is 4.98 Å². The van der Waals surface area contributed by atoms with Crippen molar-refractivity contribution in [1.82, 2.24) is 19.7 Å². The number of amides is 2. The highest BCUT2D eigenvalue weighted by Gasteiger charge is 2.25. The molecule has 0 bridgehead atoms. The molecule has 2 aliphatic heterocycles. The highest BCUT2D eigenvalue weighted by Crippen LogP contribution is 2.16. The van der Waals surface area contributed by atoms with Crippen LogP contribution in [0.1, 0.15) is 22.4 Å². The van der Waals surface area contributed by atoms with Gasteiger partial charge in [0.05, 0.1) is 19.8 Å². The fourth-order valence-corrected chi connectivity index (χ4v) is 3.63. The average molecular weight is 338 g/mol. The van der Waals surface area contributed by atoms with Crippen molar-refractivity contribution in [2.45, 2.75) is 13.5 Å². The number of carbonyl (C=O) groups is 2. The molecular weight excluding hydrogens is 316 g/mol. The van der Waals surface area contributed by atoms with Crippen molar-refractivity contribution in [1.29, 1.82) is 0 Å². The van der Waals surface area contributed by atoms with E-state index in [9.17, 15) is 9.59 Å². The Kier molecular flexibility index (Phi) is 5.24. The summed E-state index contributed by atoms with van der Waals surface area (Å²) in [5.74, 6) is 0.0382. The molecule has 0 aromatic carbocycles. The number of aromatic nitrogens is 1. The Hall–Kier alpha value is -1.51. The van der Waals surface area contributed by atoms with E-state index in [0.717, 1.165) is 37.9 Å². The highest BCUT2D eigenvalue weighted by molar-refractivity contribution is 7.09. The summed E-state index contributed by atoms with van der Waals surface area (Å²) in [6, 6.07) is 0. The highest BCUT2D eigenvalue weighted by atomic mass is 32.1. The number of ether oxygens (including phenoxy) is 1. The molecule has 23 heavy (non-hydrogen) atoms. The lowest BCUT2D eigenvalue weighted by atomic mass is 10.3. The van der Waals surface area contributed by atoms with E-state index in [1.165, 1.54) is 11.3 Å². The van der Waals surface area contributed by atoms with E-state index < -0.39 is 0 Å². The van der Waals surface area contributed by atoms with Gasteiger partial charge in [0.25, 0.3) is 5.91 Å². The third-order valence-corrected chi connectivity index (χ3v) is 5.08. The van der Waals surface area contributed by atoms with Crippen LogP contribution in [0.3, 0.4) is 0 Å². The minimum absolute atomic E-state index is 0.0299. The lowest BCUT2D eigenvalue weighted by Gasteiger charge is -2.33. The van der Waals surface area contributed by atoms with Crippen LogP contribution in [0.2, 0.25) is 0 Å². The van der Waals surface area contributed by atoms with E-state index in [1.807, 2.05) is 5.38 Å². The normalized spacial score (nSPS) is 19.9. The third-order valence-electron chi connectivity index (χ3n) is 4.25. The van der Waals surface area contributed by atoms with Crippen molar-refractivity contribution >= 4 is 23.2 Å². The Morgan fingerprint density at radius 1 is 1.13 bits per heavy atom. The summed E-state index contributed by atoms with van der Waals surface area (Å²) in [5, 5.41) is 2.81. The largest absolute Gasteiger partial charge is 0.379 e. The monoisotopic (exact) mass is 338 g/mol. The summed E-state index contributed by atoms with van der Waals surface area (Å²) < 4.78 is 5.34. The SMILES string of the molecule is CC(=O)N1CCN(C(=O)c2csc(CN3CCOCC3)n2)CC1. The molecule has 1 aromatic rings. The van der Waals surface area contributed by atoms with E-state index in [2.05, 4.69) is 9.88 Å². The van der Waals surface area contributed by atoms with E-state index in [1.54, 1.807) is 16.7 Å². The Morgan fingerprint density at radius 2 is 1.78 bits per heavy atom. The molecule has 2 saturated heterocycles. The van der Waals surface area contributed by atoms with Gasteiger partial charge in [0, 0.05) is 51.6 Å². The maximum Gasteiger partial charge on any atom is 0.273 e. The van der Waals surface area contributed by atoms with Gasteiger partial charge in [-0.2, -0.15) is 0 Å². The number of thiazole rings is 1. The van der Waals surface area contributed by atoms with E-state index in [4.69, 9.17) is 4.74 Å². The molecule has 8 heteroatoms. The molecule has 126 valence electrons. The van der Waals surface area contributed by atoms with E-state index in [0.29, 0.717) is 31.9 Å². The molecule has 1 aromatic heterocycles. The van der Waals surface area contributed by atoms with Crippen LogP contribution in [0.25, 0.3) is 0 Å². The quantitative estimate of drug-likeness (QED) is 0.792. The van der Waals surface area contributed by atoms with Gasteiger partial charge in [-0.1, -0.05) is 0 Å². The first-order valence-corrected chi connectivity index (χ1v) is 8.81. The van der Waals surface area contributed by atoms with Gasteiger partial charge in [-0.15, -0.1) is 11.3 Å². The average Bonchev–Trinajstić information content (AvgIpc) is 3.03. The summed E-state index contributed by atoms with van der Waals surface area (Å²) in [5.41, 5.74) is 0.523. The minimum Gasteiger partial charge on any atom is -0.379 e. The summed E-state index contributed by atoms with van der Waals surface area (Å²) in [4.78, 5) is 34.2. The molecule has 0 aliphatic carbocycles. The van der Waals surface area contributed by atoms with Crippen LogP contribution in [-0.4, -0.2) is 84.0 Å². The molecule has 3 heterocycles. The minimum atomic E-state index is -0.0299. The van der Waals surface area contributed by atoms with Gasteiger partial charge >= 0.3 is 0 Å². The van der Waals surface area contributed by atoms with Gasteiger partial charge in [-0.05, 0) is 0 Å². The fraction of sp³-hybridized carbons (Fsp3) is 0.667. The zero-order valence-electron chi connectivity index (χ0n) is 13.4. The predicted molar refractivity (Wildman–Crippen MR) is 86.4 cm³/mol. The number of hydrogen-bond donors (Lipinski definition) is 0. The zero-order chi connectivity index (χ0) is 16.2. The van der Waals surface area contributed by atoms with Gasteiger partial charge in [0.2, 0.25) is 5.91 Å². The van der Waals surface area contributed by atoms with Crippen molar-refractivity contribution in [2.75, 3.05) is 52.5 Å². The molecule has 0 atom stereocenters. The molecule has 0 unspecified atom stereocenters. The predicted octanol–water partition coefficient (Wildman–Crippen LogP) is 0.280. The summed E-state index contributed by atoms with van der Waals surface area (Å²) in [6.07, 6.45) is 0. The Bertz CT molecular complexity index is 563. The van der Waals surface area contributed by atoms with Crippen molar-refractivity contribution < 1.29 is 14.3 Å². The van der Waals surface area contributed by atoms with E-state index >= 15 is 0 Å². The standard InChI is InChI=1S/C15H22N4O3S/c1-12(20)18-2-4-19(5-3-18)15(21)13-11-23-14(16-13)10-17-6-8-22-9-7-17/h11H,2-10H2,1H3. The molecule has 2 aliphatic rings. The number of hydrogen-bond acceptors (Lipinski definition) is 6. The molecule has 7 nitrogen and oxygen atoms in total. The molecule has 0 radical (unpaired) electrons. The number of nitrogens with zero attached hydrogens (tertiary/aromatic N) is 4. The van der Waals surface area contributed by atoms with Gasteiger partial charge in [0.1, 0.15) is 10.7 Å². The van der Waals surface area contributed by atoms with Crippen molar-refractivity contribution in [3.05, 3.63) is 16.1 Å². The van der Waals surface area contributed by atoms with Crippen LogP contribution < -0.4 is 0 Å². The second-order valence-corrected chi connectivity index (χ2v) is 6.76. The molecule has 0 N–H and O–H groups in total. The first kappa shape index (κ1) is 16.4. The maximum atomic E-state index is 12.5. The van der Waals surface area contributed by atoms with Crippen molar-refractivity contribution in [3.63, 3.8) is 0 Å². The van der Waals surface area contributed by atoms with Gasteiger partial charge in [-0.3, -0.25) is 14.5 Å². The lowest BCUT2D eigenvalue weighted by molar-refractivity contribution is -0.130. The smallest absolute Gasteiger partial charge is 0.273 e. The topological polar surface area (TPSA) is 66.0 Å².